The van der Waals surface area contributed by atoms with Crippen LogP contribution in [-0.2, 0) is 25.7 Å². The Labute approximate surface area is 189 Å². The summed E-state index contributed by atoms with van der Waals surface area (Å²) in [5.74, 6) is -0.597. The number of hydrogen-bond acceptors (Lipinski definition) is 8. The lowest BCUT2D eigenvalue weighted by Gasteiger charge is -2.24. The van der Waals surface area contributed by atoms with E-state index in [-0.39, 0.29) is 34.6 Å². The van der Waals surface area contributed by atoms with E-state index in [9.17, 15) is 22.9 Å². The lowest BCUT2D eigenvalue weighted by atomic mass is 10.2. The first-order valence-corrected chi connectivity index (χ1v) is 13.1. The lowest BCUT2D eigenvalue weighted by molar-refractivity contribution is 0.404. The maximum absolute atomic E-state index is 13.5. The minimum Gasteiger partial charge on any atom is -0.505 e. The predicted molar refractivity (Wildman–Crippen MR) is 125 cm³/mol. The Kier molecular flexibility index (Phi) is 5.83. The number of amidine groups is 1. The average molecular weight is 489 g/mol. The Morgan fingerprint density at radius 1 is 1.21 bits per heavy atom. The summed E-state index contributed by atoms with van der Waals surface area (Å²) in [6, 6.07) is 13.4. The van der Waals surface area contributed by atoms with E-state index in [2.05, 4.69) is 19.9 Å². The van der Waals surface area contributed by atoms with Gasteiger partial charge in [0.25, 0.3) is 5.56 Å². The Hall–Kier alpha value is -3.47. The quantitative estimate of drug-likeness (QED) is 0.443. The fourth-order valence-electron chi connectivity index (χ4n) is 3.31. The number of nitrogens with zero attached hydrogens (tertiary/aromatic N) is 3. The first-order valence-electron chi connectivity index (χ1n) is 9.58. The number of fused-ring (bicyclic) bond motifs is 1. The van der Waals surface area contributed by atoms with E-state index in [0.29, 0.717) is 0 Å². The third-order valence-electron chi connectivity index (χ3n) is 4.77. The van der Waals surface area contributed by atoms with Crippen molar-refractivity contribution >= 4 is 40.1 Å². The standard InChI is InChI=1S/C20H20N5O6PS/c1-31-32(28)17-10-14(24-33(2,29)30)8-9-15(17)22-19(23-32)18-16(26)11-21-25(20(18)27)12-13-6-4-3-5-7-13/h3-11,24,26H,12H2,1-2H3,(H,22,23,28). The molecule has 0 aliphatic carbocycles. The molecule has 0 bridgehead atoms. The largest absolute Gasteiger partial charge is 0.505 e. The summed E-state index contributed by atoms with van der Waals surface area (Å²) in [6.45, 7) is 0.152. The summed E-state index contributed by atoms with van der Waals surface area (Å²) in [7, 11) is -6.28. The molecule has 2 heterocycles. The molecular weight excluding hydrogens is 469 g/mol. The van der Waals surface area contributed by atoms with Crippen LogP contribution in [0.2, 0.25) is 0 Å². The molecular formula is C20H20N5O6PS. The van der Waals surface area contributed by atoms with Crippen molar-refractivity contribution in [1.29, 1.82) is 0 Å². The van der Waals surface area contributed by atoms with Crippen LogP contribution in [0.3, 0.4) is 0 Å². The molecule has 0 radical (unpaired) electrons. The summed E-state index contributed by atoms with van der Waals surface area (Å²) in [4.78, 5) is 13.1. The zero-order chi connectivity index (χ0) is 23.8. The van der Waals surface area contributed by atoms with E-state index < -0.39 is 28.9 Å². The number of aromatic nitrogens is 2. The van der Waals surface area contributed by atoms with Crippen molar-refractivity contribution in [2.75, 3.05) is 23.4 Å². The van der Waals surface area contributed by atoms with Gasteiger partial charge in [-0.05, 0) is 23.8 Å². The maximum Gasteiger partial charge on any atom is 0.348 e. The maximum atomic E-state index is 13.5. The molecule has 0 fully saturated rings. The summed E-state index contributed by atoms with van der Waals surface area (Å²) in [5, 5.41) is 17.4. The highest BCUT2D eigenvalue weighted by molar-refractivity contribution is 7.92. The SMILES string of the molecule is COP1(=O)N=C(c2c(O)cnn(Cc3ccccc3)c2=O)Nc2ccc(NS(C)(=O)=O)cc21. The van der Waals surface area contributed by atoms with Gasteiger partial charge in [0, 0.05) is 12.8 Å². The molecule has 33 heavy (non-hydrogen) atoms. The molecule has 172 valence electrons. The minimum atomic E-state index is -3.91. The van der Waals surface area contributed by atoms with Crippen LogP contribution in [0.4, 0.5) is 11.4 Å². The van der Waals surface area contributed by atoms with Crippen LogP contribution in [0.25, 0.3) is 0 Å². The van der Waals surface area contributed by atoms with Gasteiger partial charge >= 0.3 is 7.52 Å². The van der Waals surface area contributed by atoms with Crippen LogP contribution in [0.1, 0.15) is 11.1 Å². The van der Waals surface area contributed by atoms with Gasteiger partial charge in [-0.2, -0.15) is 9.86 Å². The molecule has 0 saturated heterocycles. The minimum absolute atomic E-state index is 0.112. The average Bonchev–Trinajstić information content (AvgIpc) is 2.76. The summed E-state index contributed by atoms with van der Waals surface area (Å²) >= 11 is 0. The highest BCUT2D eigenvalue weighted by Crippen LogP contribution is 2.51. The van der Waals surface area contributed by atoms with Crippen molar-refractivity contribution in [2.45, 2.75) is 6.54 Å². The Morgan fingerprint density at radius 3 is 2.61 bits per heavy atom. The van der Waals surface area contributed by atoms with E-state index in [1.54, 1.807) is 0 Å². The van der Waals surface area contributed by atoms with Gasteiger partial charge in [0.15, 0.2) is 11.6 Å². The smallest absolute Gasteiger partial charge is 0.348 e. The van der Waals surface area contributed by atoms with Gasteiger partial charge in [0.1, 0.15) is 5.56 Å². The zero-order valence-electron chi connectivity index (χ0n) is 17.6. The molecule has 4 rings (SSSR count). The van der Waals surface area contributed by atoms with Crippen molar-refractivity contribution in [1.82, 2.24) is 9.78 Å². The molecule has 1 aliphatic heterocycles. The van der Waals surface area contributed by atoms with Gasteiger partial charge in [-0.3, -0.25) is 14.1 Å². The van der Waals surface area contributed by atoms with Crippen LogP contribution in [0.5, 0.6) is 5.75 Å². The summed E-state index contributed by atoms with van der Waals surface area (Å²) in [6.07, 6.45) is 2.10. The fraction of sp³-hybridized carbons (Fsp3) is 0.150. The van der Waals surface area contributed by atoms with Gasteiger partial charge in [-0.15, -0.1) is 0 Å². The van der Waals surface area contributed by atoms with E-state index in [0.717, 1.165) is 22.7 Å². The third-order valence-corrected chi connectivity index (χ3v) is 7.32. The normalized spacial score (nSPS) is 17.6. The second-order valence-corrected chi connectivity index (χ2v) is 11.1. The number of hydrogen-bond donors (Lipinski definition) is 3. The molecule has 1 atom stereocenters. The second kappa shape index (κ2) is 8.47. The number of rotatable bonds is 6. The Bertz CT molecular complexity index is 1470. The lowest BCUT2D eigenvalue weighted by Crippen LogP contribution is -2.34. The molecule has 0 spiro atoms. The van der Waals surface area contributed by atoms with E-state index in [1.165, 1.54) is 25.3 Å². The molecule has 11 nitrogen and oxygen atoms in total. The monoisotopic (exact) mass is 489 g/mol. The van der Waals surface area contributed by atoms with Crippen molar-refractivity contribution in [3.8, 4) is 5.75 Å². The molecule has 3 aromatic rings. The van der Waals surface area contributed by atoms with Crippen LogP contribution in [0, 0.1) is 0 Å². The van der Waals surface area contributed by atoms with Crippen molar-refractivity contribution < 1.29 is 22.6 Å². The highest BCUT2D eigenvalue weighted by Gasteiger charge is 2.35. The van der Waals surface area contributed by atoms with Crippen LogP contribution in [0.15, 0.2) is 64.3 Å². The zero-order valence-corrected chi connectivity index (χ0v) is 19.3. The van der Waals surface area contributed by atoms with E-state index >= 15 is 0 Å². The molecule has 1 unspecified atom stereocenters. The van der Waals surface area contributed by atoms with E-state index in [1.807, 2.05) is 30.3 Å². The highest BCUT2D eigenvalue weighted by atomic mass is 32.2. The first kappa shape index (κ1) is 22.7. The summed E-state index contributed by atoms with van der Waals surface area (Å²) < 4.78 is 49.4. The van der Waals surface area contributed by atoms with Gasteiger partial charge < -0.3 is 14.9 Å². The van der Waals surface area contributed by atoms with Crippen LogP contribution < -0.4 is 20.9 Å². The molecule has 1 aromatic heterocycles. The molecule has 0 saturated carbocycles. The summed E-state index contributed by atoms with van der Waals surface area (Å²) in [5.41, 5.74) is 0.412. The Balaban J connectivity index is 1.79. The van der Waals surface area contributed by atoms with Gasteiger partial charge in [0.05, 0.1) is 30.0 Å². The van der Waals surface area contributed by atoms with Gasteiger partial charge in [-0.1, -0.05) is 30.3 Å². The number of aromatic hydroxyl groups is 1. The number of nitrogens with one attached hydrogen (secondary N) is 2. The molecule has 3 N–H and O–H groups in total. The molecule has 1 aliphatic rings. The first-order chi connectivity index (χ1) is 15.6. The second-order valence-electron chi connectivity index (χ2n) is 7.24. The molecule has 2 aromatic carbocycles. The molecule has 13 heteroatoms. The number of benzene rings is 2. The van der Waals surface area contributed by atoms with Crippen molar-refractivity contribution in [3.05, 3.63) is 76.2 Å². The molecule has 0 amide bonds. The number of sulfonamides is 1. The van der Waals surface area contributed by atoms with Crippen LogP contribution in [-0.4, -0.2) is 42.5 Å². The predicted octanol–water partition coefficient (Wildman–Crippen LogP) is 1.71. The van der Waals surface area contributed by atoms with Crippen molar-refractivity contribution in [3.63, 3.8) is 0 Å². The van der Waals surface area contributed by atoms with E-state index in [4.69, 9.17) is 4.52 Å². The number of anilines is 2. The fourth-order valence-corrected chi connectivity index (χ4v) is 5.40. The Morgan fingerprint density at radius 2 is 1.94 bits per heavy atom. The van der Waals surface area contributed by atoms with Crippen LogP contribution >= 0.6 is 7.52 Å². The van der Waals surface area contributed by atoms with Gasteiger partial charge in [-0.25, -0.2) is 13.1 Å². The topological polar surface area (TPSA) is 152 Å². The third kappa shape index (κ3) is 4.68. The van der Waals surface area contributed by atoms with Crippen molar-refractivity contribution in [2.24, 2.45) is 4.76 Å². The van der Waals surface area contributed by atoms with Gasteiger partial charge in [0.2, 0.25) is 10.0 Å².